The van der Waals surface area contributed by atoms with Crippen LogP contribution in [0.2, 0.25) is 0 Å². The van der Waals surface area contributed by atoms with Crippen molar-refractivity contribution in [1.29, 1.82) is 0 Å². The Morgan fingerprint density at radius 3 is 1.65 bits per heavy atom. The minimum Gasteiger partial charge on any atom is -0.394 e. The van der Waals surface area contributed by atoms with Gasteiger partial charge in [-0.15, -0.1) is 0 Å². The number of hydrogen-bond acceptors (Lipinski definition) is 4. The van der Waals surface area contributed by atoms with E-state index in [1.54, 1.807) is 0 Å². The molecule has 3 atom stereocenters. The number of nitrogens with one attached hydrogen (secondary N) is 1. The van der Waals surface area contributed by atoms with Gasteiger partial charge in [0.05, 0.1) is 18.8 Å². The zero-order chi connectivity index (χ0) is 29.5. The minimum absolute atomic E-state index is 0.168. The van der Waals surface area contributed by atoms with Crippen molar-refractivity contribution in [1.82, 2.24) is 5.32 Å². The number of aliphatic hydroxyl groups is 3. The number of carbonyl (C=O) groups is 1. The molecule has 4 N–H and O–H groups in total. The van der Waals surface area contributed by atoms with Crippen LogP contribution in [0.25, 0.3) is 0 Å². The molecule has 0 heterocycles. The van der Waals surface area contributed by atoms with E-state index in [0.717, 1.165) is 51.4 Å². The average molecular weight is 564 g/mol. The first-order chi connectivity index (χ1) is 19.6. The molecule has 0 radical (unpaired) electrons. The van der Waals surface area contributed by atoms with E-state index in [1.807, 2.05) is 0 Å². The molecule has 40 heavy (non-hydrogen) atoms. The molecule has 3 unspecified atom stereocenters. The lowest BCUT2D eigenvalue weighted by Crippen LogP contribution is -2.50. The van der Waals surface area contributed by atoms with Gasteiger partial charge in [0, 0.05) is 6.42 Å². The summed E-state index contributed by atoms with van der Waals surface area (Å²) in [5.41, 5.74) is 0. The van der Waals surface area contributed by atoms with E-state index >= 15 is 0 Å². The SMILES string of the molecule is CC/C=C/CC/C=C/CCCC(O)C(O)C(CO)NC(=O)CCCCCCCCC/C=C\CCCCCCCC. The normalized spacial score (nSPS) is 14.4. The number of rotatable bonds is 29. The molecular weight excluding hydrogens is 498 g/mol. The van der Waals surface area contributed by atoms with E-state index in [0.29, 0.717) is 12.8 Å². The summed E-state index contributed by atoms with van der Waals surface area (Å²) in [5, 5.41) is 33.1. The van der Waals surface area contributed by atoms with E-state index in [-0.39, 0.29) is 12.5 Å². The van der Waals surface area contributed by atoms with Crippen LogP contribution in [-0.2, 0) is 4.79 Å². The molecule has 5 nitrogen and oxygen atoms in total. The highest BCUT2D eigenvalue weighted by molar-refractivity contribution is 5.76. The summed E-state index contributed by atoms with van der Waals surface area (Å²) in [5.74, 6) is -0.168. The second kappa shape index (κ2) is 30.5. The number of hydrogen-bond donors (Lipinski definition) is 4. The van der Waals surface area contributed by atoms with Gasteiger partial charge in [-0.3, -0.25) is 4.79 Å². The largest absolute Gasteiger partial charge is 0.394 e. The summed E-state index contributed by atoms with van der Waals surface area (Å²) in [4.78, 5) is 12.3. The summed E-state index contributed by atoms with van der Waals surface area (Å²) in [7, 11) is 0. The number of unbranched alkanes of at least 4 members (excludes halogenated alkanes) is 15. The third-order valence-corrected chi connectivity index (χ3v) is 7.45. The van der Waals surface area contributed by atoms with Crippen molar-refractivity contribution in [3.8, 4) is 0 Å². The molecule has 0 spiro atoms. The van der Waals surface area contributed by atoms with E-state index in [4.69, 9.17) is 0 Å². The molecule has 0 aliphatic carbocycles. The topological polar surface area (TPSA) is 89.8 Å². The van der Waals surface area contributed by atoms with Gasteiger partial charge < -0.3 is 20.6 Å². The van der Waals surface area contributed by atoms with E-state index in [1.165, 1.54) is 77.0 Å². The number of amides is 1. The van der Waals surface area contributed by atoms with Crippen LogP contribution < -0.4 is 5.32 Å². The molecule has 0 aromatic carbocycles. The van der Waals surface area contributed by atoms with Gasteiger partial charge in [-0.1, -0.05) is 115 Å². The fraction of sp³-hybridized carbons (Fsp3) is 0.800. The first kappa shape index (κ1) is 38.6. The van der Waals surface area contributed by atoms with Crippen molar-refractivity contribution in [2.24, 2.45) is 0 Å². The Morgan fingerprint density at radius 2 is 1.10 bits per heavy atom. The molecule has 0 fully saturated rings. The molecule has 1 amide bonds. The Bertz CT molecular complexity index is 631. The van der Waals surface area contributed by atoms with Crippen molar-refractivity contribution in [3.05, 3.63) is 36.5 Å². The fourth-order valence-corrected chi connectivity index (χ4v) is 4.82. The lowest BCUT2D eigenvalue weighted by Gasteiger charge is -2.26. The van der Waals surface area contributed by atoms with Crippen LogP contribution in [-0.4, -0.2) is 46.1 Å². The van der Waals surface area contributed by atoms with E-state index in [9.17, 15) is 20.1 Å². The second-order valence-corrected chi connectivity index (χ2v) is 11.3. The molecule has 0 aromatic rings. The third-order valence-electron chi connectivity index (χ3n) is 7.45. The smallest absolute Gasteiger partial charge is 0.220 e. The van der Waals surface area contributed by atoms with Gasteiger partial charge in [-0.2, -0.15) is 0 Å². The zero-order valence-electron chi connectivity index (χ0n) is 26.2. The first-order valence-corrected chi connectivity index (χ1v) is 16.8. The summed E-state index contributed by atoms with van der Waals surface area (Å²) in [6.07, 6.45) is 35.3. The van der Waals surface area contributed by atoms with Crippen molar-refractivity contribution >= 4 is 5.91 Å². The van der Waals surface area contributed by atoms with Crippen LogP contribution in [0, 0.1) is 0 Å². The highest BCUT2D eigenvalue weighted by atomic mass is 16.3. The maximum Gasteiger partial charge on any atom is 0.220 e. The van der Waals surface area contributed by atoms with Crippen LogP contribution >= 0.6 is 0 Å². The molecule has 5 heteroatoms. The van der Waals surface area contributed by atoms with Crippen molar-refractivity contribution in [2.45, 2.75) is 173 Å². The van der Waals surface area contributed by atoms with Crippen LogP contribution in [0.5, 0.6) is 0 Å². The van der Waals surface area contributed by atoms with E-state index < -0.39 is 18.2 Å². The molecule has 0 rings (SSSR count). The van der Waals surface area contributed by atoms with Gasteiger partial charge in [-0.05, 0) is 70.6 Å². The molecule has 234 valence electrons. The Kier molecular flexibility index (Phi) is 29.4. The maximum atomic E-state index is 12.3. The lowest BCUT2D eigenvalue weighted by atomic mass is 10.0. The average Bonchev–Trinajstić information content (AvgIpc) is 2.96. The van der Waals surface area contributed by atoms with Crippen molar-refractivity contribution in [2.75, 3.05) is 6.61 Å². The van der Waals surface area contributed by atoms with Crippen LogP contribution in [0.3, 0.4) is 0 Å². The number of carbonyl (C=O) groups excluding carboxylic acids is 1. The van der Waals surface area contributed by atoms with Gasteiger partial charge in [0.1, 0.15) is 6.10 Å². The monoisotopic (exact) mass is 563 g/mol. The summed E-state index contributed by atoms with van der Waals surface area (Å²) in [6, 6.07) is -0.830. The summed E-state index contributed by atoms with van der Waals surface area (Å²) in [6.45, 7) is 4.00. The van der Waals surface area contributed by atoms with Crippen LogP contribution in [0.15, 0.2) is 36.5 Å². The number of allylic oxidation sites excluding steroid dienone is 6. The lowest BCUT2D eigenvalue weighted by molar-refractivity contribution is -0.124. The molecule has 0 saturated heterocycles. The van der Waals surface area contributed by atoms with E-state index in [2.05, 4.69) is 55.6 Å². The standard InChI is InChI=1S/C35H65NO4/c1-3-5-7-9-11-13-14-15-16-17-18-19-20-22-24-26-28-30-34(39)36-32(31-37)35(40)33(38)29-27-25-23-21-12-10-8-6-4-2/h6,8,15-16,21,23,32-33,35,37-38,40H,3-5,7,9-14,17-20,22,24-31H2,1-2H3,(H,36,39)/b8-6+,16-15-,23-21+. The Balaban J connectivity index is 3.74. The van der Waals surface area contributed by atoms with Gasteiger partial charge >= 0.3 is 0 Å². The van der Waals surface area contributed by atoms with Crippen molar-refractivity contribution < 1.29 is 20.1 Å². The van der Waals surface area contributed by atoms with Gasteiger partial charge in [-0.25, -0.2) is 0 Å². The predicted molar refractivity (Wildman–Crippen MR) is 171 cm³/mol. The highest BCUT2D eigenvalue weighted by Crippen LogP contribution is 2.13. The van der Waals surface area contributed by atoms with Crippen LogP contribution in [0.1, 0.15) is 155 Å². The Hall–Kier alpha value is -1.43. The molecule has 0 bridgehead atoms. The molecule has 0 saturated carbocycles. The third kappa shape index (κ3) is 25.5. The Labute approximate surface area is 247 Å². The maximum absolute atomic E-state index is 12.3. The van der Waals surface area contributed by atoms with Crippen molar-refractivity contribution in [3.63, 3.8) is 0 Å². The van der Waals surface area contributed by atoms with Gasteiger partial charge in [0.15, 0.2) is 0 Å². The molecule has 0 aliphatic rings. The summed E-state index contributed by atoms with van der Waals surface area (Å²) >= 11 is 0. The molecule has 0 aliphatic heterocycles. The Morgan fingerprint density at radius 1 is 0.625 bits per heavy atom. The van der Waals surface area contributed by atoms with Crippen LogP contribution in [0.4, 0.5) is 0 Å². The fourth-order valence-electron chi connectivity index (χ4n) is 4.82. The first-order valence-electron chi connectivity index (χ1n) is 16.8. The highest BCUT2D eigenvalue weighted by Gasteiger charge is 2.26. The second-order valence-electron chi connectivity index (χ2n) is 11.3. The summed E-state index contributed by atoms with van der Waals surface area (Å²) < 4.78 is 0. The predicted octanol–water partition coefficient (Wildman–Crippen LogP) is 8.48. The van der Waals surface area contributed by atoms with Gasteiger partial charge in [0.25, 0.3) is 0 Å². The number of aliphatic hydroxyl groups excluding tert-OH is 3. The quantitative estimate of drug-likeness (QED) is 0.0543. The minimum atomic E-state index is -1.16. The van der Waals surface area contributed by atoms with Gasteiger partial charge in [0.2, 0.25) is 5.91 Å². The zero-order valence-corrected chi connectivity index (χ0v) is 26.2. The molecular formula is C35H65NO4. The molecule has 0 aromatic heterocycles.